The van der Waals surface area contributed by atoms with Crippen LogP contribution in [0.4, 0.5) is 0 Å². The van der Waals surface area contributed by atoms with Crippen molar-refractivity contribution in [2.45, 2.75) is 19.8 Å². The fourth-order valence-electron chi connectivity index (χ4n) is 2.48. The standard InChI is InChI=1S/C15H24N2O/c1-15(12-16)8-10-17(13-15)9-5-11-18-14-6-3-2-4-7-14/h2-4,6-7H,5,8-13,16H2,1H3. The van der Waals surface area contributed by atoms with Crippen molar-refractivity contribution in [3.63, 3.8) is 0 Å². The average Bonchev–Trinajstić information content (AvgIpc) is 2.79. The van der Waals surface area contributed by atoms with E-state index < -0.39 is 0 Å². The molecule has 2 N–H and O–H groups in total. The van der Waals surface area contributed by atoms with E-state index in [0.29, 0.717) is 5.41 Å². The second-order valence-electron chi connectivity index (χ2n) is 5.56. The molecule has 0 spiro atoms. The number of benzene rings is 1. The Bertz CT molecular complexity index is 355. The lowest BCUT2D eigenvalue weighted by Crippen LogP contribution is -2.32. The van der Waals surface area contributed by atoms with Crippen molar-refractivity contribution in [3.05, 3.63) is 30.3 Å². The lowest BCUT2D eigenvalue weighted by molar-refractivity contribution is 0.243. The van der Waals surface area contributed by atoms with Gasteiger partial charge >= 0.3 is 0 Å². The molecule has 0 amide bonds. The number of hydrogen-bond acceptors (Lipinski definition) is 3. The third-order valence-corrected chi connectivity index (χ3v) is 3.76. The van der Waals surface area contributed by atoms with Gasteiger partial charge in [-0.15, -0.1) is 0 Å². The van der Waals surface area contributed by atoms with Crippen LogP contribution in [0.1, 0.15) is 19.8 Å². The highest BCUT2D eigenvalue weighted by atomic mass is 16.5. The fraction of sp³-hybridized carbons (Fsp3) is 0.600. The van der Waals surface area contributed by atoms with Crippen LogP contribution in [0.25, 0.3) is 0 Å². The van der Waals surface area contributed by atoms with Gasteiger partial charge in [0.05, 0.1) is 6.61 Å². The second kappa shape index (κ2) is 6.21. The molecule has 18 heavy (non-hydrogen) atoms. The van der Waals surface area contributed by atoms with Gasteiger partial charge in [0.15, 0.2) is 0 Å². The molecule has 1 heterocycles. The Morgan fingerprint density at radius 3 is 2.78 bits per heavy atom. The highest BCUT2D eigenvalue weighted by Gasteiger charge is 2.31. The first kappa shape index (κ1) is 13.4. The SMILES string of the molecule is CC1(CN)CCN(CCCOc2ccccc2)C1. The van der Waals surface area contributed by atoms with Gasteiger partial charge in [-0.25, -0.2) is 0 Å². The molecule has 0 aliphatic carbocycles. The second-order valence-corrected chi connectivity index (χ2v) is 5.56. The Balaban J connectivity index is 1.62. The maximum atomic E-state index is 5.81. The largest absolute Gasteiger partial charge is 0.494 e. The van der Waals surface area contributed by atoms with Gasteiger partial charge < -0.3 is 15.4 Å². The highest BCUT2D eigenvalue weighted by Crippen LogP contribution is 2.28. The van der Waals surface area contributed by atoms with Crippen LogP contribution < -0.4 is 10.5 Å². The van der Waals surface area contributed by atoms with Crippen molar-refractivity contribution in [3.8, 4) is 5.75 Å². The van der Waals surface area contributed by atoms with Crippen molar-refractivity contribution >= 4 is 0 Å². The van der Waals surface area contributed by atoms with Crippen LogP contribution in [0.5, 0.6) is 5.75 Å². The number of likely N-dealkylation sites (tertiary alicyclic amines) is 1. The first-order valence-electron chi connectivity index (χ1n) is 6.82. The minimum absolute atomic E-state index is 0.334. The van der Waals surface area contributed by atoms with Crippen LogP contribution in [0, 0.1) is 5.41 Å². The van der Waals surface area contributed by atoms with Gasteiger partial charge in [0, 0.05) is 13.1 Å². The van der Waals surface area contributed by atoms with Gasteiger partial charge in [0.1, 0.15) is 5.75 Å². The molecule has 3 nitrogen and oxygen atoms in total. The van der Waals surface area contributed by atoms with Crippen LogP contribution in [0.2, 0.25) is 0 Å². The summed E-state index contributed by atoms with van der Waals surface area (Å²) in [6.45, 7) is 7.30. The van der Waals surface area contributed by atoms with Crippen LogP contribution in [0.15, 0.2) is 30.3 Å². The van der Waals surface area contributed by atoms with E-state index in [0.717, 1.165) is 38.4 Å². The number of ether oxygens (including phenoxy) is 1. The molecular weight excluding hydrogens is 224 g/mol. The van der Waals surface area contributed by atoms with Crippen LogP contribution >= 0.6 is 0 Å². The zero-order valence-electron chi connectivity index (χ0n) is 11.3. The summed E-state index contributed by atoms with van der Waals surface area (Å²) in [6, 6.07) is 10.0. The zero-order chi connectivity index (χ0) is 12.8. The summed E-state index contributed by atoms with van der Waals surface area (Å²) in [5.41, 5.74) is 6.14. The predicted octanol–water partition coefficient (Wildman–Crippen LogP) is 2.13. The van der Waals surface area contributed by atoms with Gasteiger partial charge in [0.2, 0.25) is 0 Å². The van der Waals surface area contributed by atoms with Crippen LogP contribution in [-0.2, 0) is 0 Å². The molecule has 1 aromatic carbocycles. The topological polar surface area (TPSA) is 38.5 Å². The lowest BCUT2D eigenvalue weighted by atomic mass is 9.90. The van der Waals surface area contributed by atoms with Gasteiger partial charge in [-0.1, -0.05) is 25.1 Å². The molecule has 2 rings (SSSR count). The molecule has 0 saturated carbocycles. The predicted molar refractivity (Wildman–Crippen MR) is 74.8 cm³/mol. The van der Waals surface area contributed by atoms with E-state index in [1.807, 2.05) is 30.3 Å². The molecule has 0 aromatic heterocycles. The molecule has 100 valence electrons. The summed E-state index contributed by atoms with van der Waals surface area (Å²) in [7, 11) is 0. The summed E-state index contributed by atoms with van der Waals surface area (Å²) >= 11 is 0. The molecule has 1 aliphatic heterocycles. The summed E-state index contributed by atoms with van der Waals surface area (Å²) in [6.07, 6.45) is 2.30. The van der Waals surface area contributed by atoms with Crippen molar-refractivity contribution < 1.29 is 4.74 Å². The Hall–Kier alpha value is -1.06. The maximum Gasteiger partial charge on any atom is 0.119 e. The Morgan fingerprint density at radius 2 is 2.11 bits per heavy atom. The lowest BCUT2D eigenvalue weighted by Gasteiger charge is -2.22. The summed E-state index contributed by atoms with van der Waals surface area (Å²) in [5, 5.41) is 0. The molecule has 1 atom stereocenters. The molecular formula is C15H24N2O. The number of hydrogen-bond donors (Lipinski definition) is 1. The van der Waals surface area contributed by atoms with E-state index in [4.69, 9.17) is 10.5 Å². The smallest absolute Gasteiger partial charge is 0.119 e. The highest BCUT2D eigenvalue weighted by molar-refractivity contribution is 5.20. The third-order valence-electron chi connectivity index (χ3n) is 3.76. The first-order valence-corrected chi connectivity index (χ1v) is 6.82. The maximum absolute atomic E-state index is 5.81. The van der Waals surface area contributed by atoms with Crippen molar-refractivity contribution in [2.24, 2.45) is 11.1 Å². The monoisotopic (exact) mass is 248 g/mol. The molecule has 1 fully saturated rings. The van der Waals surface area contributed by atoms with Crippen molar-refractivity contribution in [1.82, 2.24) is 4.90 Å². The van der Waals surface area contributed by atoms with E-state index >= 15 is 0 Å². The number of rotatable bonds is 6. The molecule has 0 radical (unpaired) electrons. The molecule has 3 heteroatoms. The molecule has 1 aromatic rings. The van der Waals surface area contributed by atoms with Crippen molar-refractivity contribution in [1.29, 1.82) is 0 Å². The fourth-order valence-corrected chi connectivity index (χ4v) is 2.48. The molecule has 1 aliphatic rings. The summed E-state index contributed by atoms with van der Waals surface area (Å²) in [5.74, 6) is 0.964. The molecule has 1 unspecified atom stereocenters. The van der Waals surface area contributed by atoms with E-state index in [9.17, 15) is 0 Å². The quantitative estimate of drug-likeness (QED) is 0.784. The van der Waals surface area contributed by atoms with E-state index in [1.165, 1.54) is 13.0 Å². The third kappa shape index (κ3) is 3.72. The number of nitrogens with two attached hydrogens (primary N) is 1. The Kier molecular flexibility index (Phi) is 4.61. The van der Waals surface area contributed by atoms with E-state index in [-0.39, 0.29) is 0 Å². The number of para-hydroxylation sites is 1. The van der Waals surface area contributed by atoms with E-state index in [1.54, 1.807) is 0 Å². The summed E-state index contributed by atoms with van der Waals surface area (Å²) in [4.78, 5) is 2.50. The summed E-state index contributed by atoms with van der Waals surface area (Å²) < 4.78 is 5.69. The number of nitrogens with zero attached hydrogens (tertiary/aromatic N) is 1. The van der Waals surface area contributed by atoms with Crippen molar-refractivity contribution in [2.75, 3.05) is 32.8 Å². The van der Waals surface area contributed by atoms with Crippen LogP contribution in [0.3, 0.4) is 0 Å². The van der Waals surface area contributed by atoms with Gasteiger partial charge in [-0.05, 0) is 43.5 Å². The van der Waals surface area contributed by atoms with Crippen LogP contribution in [-0.4, -0.2) is 37.7 Å². The van der Waals surface area contributed by atoms with E-state index in [2.05, 4.69) is 11.8 Å². The first-order chi connectivity index (χ1) is 8.72. The average molecular weight is 248 g/mol. The Labute approximate surface area is 110 Å². The Morgan fingerprint density at radius 1 is 1.33 bits per heavy atom. The minimum atomic E-state index is 0.334. The normalized spacial score (nSPS) is 24.3. The minimum Gasteiger partial charge on any atom is -0.494 e. The van der Waals surface area contributed by atoms with Gasteiger partial charge in [0.25, 0.3) is 0 Å². The zero-order valence-corrected chi connectivity index (χ0v) is 11.3. The van der Waals surface area contributed by atoms with Gasteiger partial charge in [-0.2, -0.15) is 0 Å². The molecule has 1 saturated heterocycles. The molecule has 0 bridgehead atoms. The van der Waals surface area contributed by atoms with Gasteiger partial charge in [-0.3, -0.25) is 0 Å².